The lowest BCUT2D eigenvalue weighted by Crippen LogP contribution is -2.43. The molecule has 0 aliphatic carbocycles. The second kappa shape index (κ2) is 8.18. The minimum absolute atomic E-state index is 0.0126. The molecule has 8 heteroatoms. The van der Waals surface area contributed by atoms with E-state index in [1.165, 1.54) is 6.26 Å². The fourth-order valence-electron chi connectivity index (χ4n) is 3.92. The molecular weight excluding hydrogens is 360 g/mol. The molecule has 1 atom stereocenters. The molecule has 2 amide bonds. The Bertz CT molecular complexity index is 837. The van der Waals surface area contributed by atoms with Crippen molar-refractivity contribution in [2.24, 2.45) is 5.92 Å². The number of nitrogens with zero attached hydrogens (tertiary/aromatic N) is 3. The largest absolute Gasteiger partial charge is 0.459 e. The molecule has 0 radical (unpaired) electrons. The van der Waals surface area contributed by atoms with Gasteiger partial charge in [0.1, 0.15) is 0 Å². The average Bonchev–Trinajstić information content (AvgIpc) is 3.35. The summed E-state index contributed by atoms with van der Waals surface area (Å²) in [5.41, 5.74) is 1.74. The highest BCUT2D eigenvalue weighted by Crippen LogP contribution is 2.25. The van der Waals surface area contributed by atoms with E-state index < -0.39 is 0 Å². The Morgan fingerprint density at radius 2 is 2.11 bits per heavy atom. The van der Waals surface area contributed by atoms with E-state index >= 15 is 0 Å². The number of carbonyl (C=O) groups excluding carboxylic acids is 2. The first-order valence-corrected chi connectivity index (χ1v) is 9.82. The molecule has 2 aromatic heterocycles. The molecule has 150 valence electrons. The van der Waals surface area contributed by atoms with Gasteiger partial charge in [-0.05, 0) is 37.8 Å². The molecule has 0 saturated carbocycles. The minimum Gasteiger partial charge on any atom is -0.459 e. The molecule has 2 aliphatic rings. The number of aryl methyl sites for hydroxylation is 1. The second-order valence-corrected chi connectivity index (χ2v) is 7.60. The molecule has 2 aliphatic heterocycles. The van der Waals surface area contributed by atoms with Crippen LogP contribution in [0.2, 0.25) is 0 Å². The smallest absolute Gasteiger partial charge is 0.290 e. The van der Waals surface area contributed by atoms with E-state index in [9.17, 15) is 9.59 Å². The van der Waals surface area contributed by atoms with Crippen LogP contribution in [0, 0.1) is 12.8 Å². The van der Waals surface area contributed by atoms with Crippen molar-refractivity contribution >= 4 is 11.8 Å². The van der Waals surface area contributed by atoms with Gasteiger partial charge in [0, 0.05) is 38.1 Å². The summed E-state index contributed by atoms with van der Waals surface area (Å²) >= 11 is 0. The number of amides is 2. The Kier molecular flexibility index (Phi) is 5.47. The summed E-state index contributed by atoms with van der Waals surface area (Å²) in [5, 5.41) is 7.42. The van der Waals surface area contributed by atoms with Crippen molar-refractivity contribution in [1.82, 2.24) is 20.0 Å². The highest BCUT2D eigenvalue weighted by Gasteiger charge is 2.32. The SMILES string of the molecule is Cc1ccoc1C(=O)N1Cc2ccnn2[C@@H](CC(=O)NCC2CCOCC2)C1. The zero-order chi connectivity index (χ0) is 19.5. The van der Waals surface area contributed by atoms with Gasteiger partial charge in [0.05, 0.1) is 31.0 Å². The van der Waals surface area contributed by atoms with Gasteiger partial charge in [-0.15, -0.1) is 0 Å². The predicted octanol–water partition coefficient (Wildman–Crippen LogP) is 1.91. The molecule has 0 unspecified atom stereocenters. The van der Waals surface area contributed by atoms with Gasteiger partial charge in [-0.2, -0.15) is 5.10 Å². The number of nitrogens with one attached hydrogen (secondary N) is 1. The molecule has 1 N–H and O–H groups in total. The van der Waals surface area contributed by atoms with Crippen molar-refractivity contribution in [3.05, 3.63) is 41.6 Å². The quantitative estimate of drug-likeness (QED) is 0.848. The van der Waals surface area contributed by atoms with Crippen LogP contribution in [0.1, 0.15) is 47.1 Å². The summed E-state index contributed by atoms with van der Waals surface area (Å²) in [7, 11) is 0. The topological polar surface area (TPSA) is 89.6 Å². The molecule has 1 saturated heterocycles. The lowest BCUT2D eigenvalue weighted by atomic mass is 10.0. The number of hydrogen-bond donors (Lipinski definition) is 1. The van der Waals surface area contributed by atoms with E-state index in [0.29, 0.717) is 37.7 Å². The molecule has 0 bridgehead atoms. The van der Waals surface area contributed by atoms with Crippen molar-refractivity contribution in [2.75, 3.05) is 26.3 Å². The van der Waals surface area contributed by atoms with E-state index in [1.54, 1.807) is 17.2 Å². The van der Waals surface area contributed by atoms with Crippen LogP contribution < -0.4 is 5.32 Å². The Labute approximate surface area is 163 Å². The van der Waals surface area contributed by atoms with E-state index in [1.807, 2.05) is 17.7 Å². The number of ether oxygens (including phenoxy) is 1. The third kappa shape index (κ3) is 3.96. The number of hydrogen-bond acceptors (Lipinski definition) is 5. The Balaban J connectivity index is 1.40. The molecule has 4 heterocycles. The highest BCUT2D eigenvalue weighted by molar-refractivity contribution is 5.93. The Morgan fingerprint density at radius 3 is 2.86 bits per heavy atom. The number of rotatable bonds is 5. The summed E-state index contributed by atoms with van der Waals surface area (Å²) in [6.45, 7) is 4.95. The van der Waals surface area contributed by atoms with E-state index in [0.717, 1.165) is 37.3 Å². The van der Waals surface area contributed by atoms with Crippen LogP contribution >= 0.6 is 0 Å². The van der Waals surface area contributed by atoms with Crippen molar-refractivity contribution in [2.45, 2.75) is 38.8 Å². The lowest BCUT2D eigenvalue weighted by molar-refractivity contribution is -0.122. The van der Waals surface area contributed by atoms with Crippen LogP contribution in [0.25, 0.3) is 0 Å². The van der Waals surface area contributed by atoms with Gasteiger partial charge >= 0.3 is 0 Å². The van der Waals surface area contributed by atoms with E-state index in [-0.39, 0.29) is 17.9 Å². The third-order valence-corrected chi connectivity index (χ3v) is 5.58. The Morgan fingerprint density at radius 1 is 1.29 bits per heavy atom. The van der Waals surface area contributed by atoms with Crippen molar-refractivity contribution in [1.29, 1.82) is 0 Å². The first kappa shape index (κ1) is 18.7. The van der Waals surface area contributed by atoms with Crippen molar-refractivity contribution in [3.63, 3.8) is 0 Å². The van der Waals surface area contributed by atoms with E-state index in [4.69, 9.17) is 9.15 Å². The predicted molar refractivity (Wildman–Crippen MR) is 101 cm³/mol. The van der Waals surface area contributed by atoms with Crippen LogP contribution in [0.4, 0.5) is 0 Å². The number of fused-ring (bicyclic) bond motifs is 1. The van der Waals surface area contributed by atoms with Gasteiger partial charge in [-0.3, -0.25) is 14.3 Å². The minimum atomic E-state index is -0.187. The zero-order valence-corrected chi connectivity index (χ0v) is 16.1. The van der Waals surface area contributed by atoms with Crippen LogP contribution in [0.15, 0.2) is 29.0 Å². The molecule has 4 rings (SSSR count). The molecule has 0 aromatic carbocycles. The van der Waals surface area contributed by atoms with Gasteiger partial charge in [-0.25, -0.2) is 0 Å². The first-order valence-electron chi connectivity index (χ1n) is 9.82. The maximum absolute atomic E-state index is 12.9. The van der Waals surface area contributed by atoms with Gasteiger partial charge in [-0.1, -0.05) is 0 Å². The van der Waals surface area contributed by atoms with E-state index in [2.05, 4.69) is 10.4 Å². The maximum Gasteiger partial charge on any atom is 0.290 e. The Hall–Kier alpha value is -2.61. The maximum atomic E-state index is 12.9. The third-order valence-electron chi connectivity index (χ3n) is 5.58. The first-order chi connectivity index (χ1) is 13.6. The van der Waals surface area contributed by atoms with Crippen molar-refractivity contribution < 1.29 is 18.7 Å². The molecule has 2 aromatic rings. The molecule has 0 spiro atoms. The standard InChI is InChI=1S/C20H26N4O4/c1-14-3-9-28-19(14)20(26)23-12-16-2-6-22-24(16)17(13-23)10-18(25)21-11-15-4-7-27-8-5-15/h2-3,6,9,15,17H,4-5,7-8,10-13H2,1H3,(H,21,25)/t17-/m0/s1. The number of furan rings is 1. The number of aromatic nitrogens is 2. The molecular formula is C20H26N4O4. The lowest BCUT2D eigenvalue weighted by Gasteiger charge is -2.33. The van der Waals surface area contributed by atoms with Crippen LogP contribution in [-0.2, 0) is 16.1 Å². The van der Waals surface area contributed by atoms with Gasteiger partial charge < -0.3 is 19.4 Å². The second-order valence-electron chi connectivity index (χ2n) is 7.60. The van der Waals surface area contributed by atoms with Gasteiger partial charge in [0.15, 0.2) is 5.76 Å². The van der Waals surface area contributed by atoms with Crippen LogP contribution in [0.3, 0.4) is 0 Å². The fraction of sp³-hybridized carbons (Fsp3) is 0.550. The fourth-order valence-corrected chi connectivity index (χ4v) is 3.92. The van der Waals surface area contributed by atoms with Gasteiger partial charge in [0.2, 0.25) is 5.91 Å². The monoisotopic (exact) mass is 386 g/mol. The zero-order valence-electron chi connectivity index (χ0n) is 16.1. The van der Waals surface area contributed by atoms with Crippen molar-refractivity contribution in [3.8, 4) is 0 Å². The highest BCUT2D eigenvalue weighted by atomic mass is 16.5. The summed E-state index contributed by atoms with van der Waals surface area (Å²) in [5.74, 6) is 0.670. The summed E-state index contributed by atoms with van der Waals surface area (Å²) in [4.78, 5) is 27.1. The summed E-state index contributed by atoms with van der Waals surface area (Å²) in [6, 6.07) is 3.48. The summed E-state index contributed by atoms with van der Waals surface area (Å²) < 4.78 is 12.6. The van der Waals surface area contributed by atoms with Crippen LogP contribution in [0.5, 0.6) is 0 Å². The molecule has 1 fully saturated rings. The van der Waals surface area contributed by atoms with Crippen LogP contribution in [-0.4, -0.2) is 52.8 Å². The normalized spacial score (nSPS) is 20.0. The summed E-state index contributed by atoms with van der Waals surface area (Å²) in [6.07, 6.45) is 5.50. The number of carbonyl (C=O) groups is 2. The molecule has 28 heavy (non-hydrogen) atoms. The average molecular weight is 386 g/mol. The van der Waals surface area contributed by atoms with Gasteiger partial charge in [0.25, 0.3) is 5.91 Å². The molecule has 8 nitrogen and oxygen atoms in total.